The van der Waals surface area contributed by atoms with Gasteiger partial charge in [-0.05, 0) is 17.4 Å². The van der Waals surface area contributed by atoms with Crippen LogP contribution in [0.5, 0.6) is 0 Å². The Kier molecular flexibility index (Phi) is 6.42. The number of hydrogen-bond acceptors (Lipinski definition) is 3. The first-order valence-corrected chi connectivity index (χ1v) is 4.90. The number of thioether (sulfide) groups is 1. The van der Waals surface area contributed by atoms with Gasteiger partial charge in [-0.2, -0.15) is 11.8 Å². The van der Waals surface area contributed by atoms with E-state index in [9.17, 15) is 4.79 Å². The first-order valence-electron chi connectivity index (χ1n) is 3.85. The summed E-state index contributed by atoms with van der Waals surface area (Å²) in [4.78, 5) is 10.6. The van der Waals surface area contributed by atoms with E-state index in [2.05, 4.69) is 18.6 Å². The lowest BCUT2D eigenvalue weighted by atomic mass is 10.3. The van der Waals surface area contributed by atoms with Crippen LogP contribution in [0.4, 0.5) is 0 Å². The van der Waals surface area contributed by atoms with Crippen molar-refractivity contribution in [3.05, 3.63) is 0 Å². The fourth-order valence-electron chi connectivity index (χ4n) is 0.638. The van der Waals surface area contributed by atoms with Crippen LogP contribution in [0.3, 0.4) is 0 Å². The van der Waals surface area contributed by atoms with Crippen molar-refractivity contribution in [3.8, 4) is 0 Å². The maximum atomic E-state index is 10.6. The fourth-order valence-corrected chi connectivity index (χ4v) is 1.42. The lowest BCUT2D eigenvalue weighted by Gasteiger charge is -2.02. The van der Waals surface area contributed by atoms with Crippen molar-refractivity contribution in [1.29, 1.82) is 0 Å². The highest BCUT2D eigenvalue weighted by Gasteiger charge is 1.99. The zero-order valence-electron chi connectivity index (χ0n) is 7.42. The van der Waals surface area contributed by atoms with E-state index in [4.69, 9.17) is 0 Å². The number of ether oxygens (including phenoxy) is 1. The van der Waals surface area contributed by atoms with E-state index >= 15 is 0 Å². The zero-order chi connectivity index (χ0) is 8.69. The molecule has 2 nitrogen and oxygen atoms in total. The summed E-state index contributed by atoms with van der Waals surface area (Å²) in [5.41, 5.74) is 0. The molecule has 11 heavy (non-hydrogen) atoms. The third-order valence-electron chi connectivity index (χ3n) is 1.20. The number of esters is 1. The van der Waals surface area contributed by atoms with Crippen molar-refractivity contribution in [2.75, 3.05) is 12.9 Å². The fraction of sp³-hybridized carbons (Fsp3) is 0.875. The summed E-state index contributed by atoms with van der Waals surface area (Å²) in [6, 6.07) is 0. The van der Waals surface area contributed by atoms with Gasteiger partial charge in [-0.15, -0.1) is 0 Å². The van der Waals surface area contributed by atoms with Crippen molar-refractivity contribution in [1.82, 2.24) is 0 Å². The monoisotopic (exact) mass is 176 g/mol. The van der Waals surface area contributed by atoms with Gasteiger partial charge in [0.15, 0.2) is 0 Å². The highest BCUT2D eigenvalue weighted by Crippen LogP contribution is 2.11. The highest BCUT2D eigenvalue weighted by molar-refractivity contribution is 7.99. The minimum Gasteiger partial charge on any atom is -0.469 e. The molecular formula is C8H16O2S. The molecule has 0 aromatic heterocycles. The second-order valence-electron chi connectivity index (χ2n) is 2.60. The standard InChI is InChI=1S/C8H16O2S/c1-7(2)11-6-4-5-8(9)10-3/h7H,4-6H2,1-3H3. The van der Waals surface area contributed by atoms with Crippen molar-refractivity contribution in [2.45, 2.75) is 31.9 Å². The molecule has 0 aliphatic heterocycles. The second-order valence-corrected chi connectivity index (χ2v) is 4.28. The topological polar surface area (TPSA) is 26.3 Å². The van der Waals surface area contributed by atoms with Crippen LogP contribution in [0, 0.1) is 0 Å². The van der Waals surface area contributed by atoms with E-state index in [-0.39, 0.29) is 5.97 Å². The summed E-state index contributed by atoms with van der Waals surface area (Å²) in [5.74, 6) is 0.946. The molecule has 0 unspecified atom stereocenters. The average molecular weight is 176 g/mol. The zero-order valence-corrected chi connectivity index (χ0v) is 8.24. The molecule has 0 radical (unpaired) electrons. The van der Waals surface area contributed by atoms with Gasteiger partial charge < -0.3 is 4.74 Å². The summed E-state index contributed by atoms with van der Waals surface area (Å²) < 4.78 is 4.51. The Hall–Kier alpha value is -0.180. The molecule has 0 saturated carbocycles. The molecule has 0 amide bonds. The number of hydrogen-bond donors (Lipinski definition) is 0. The smallest absolute Gasteiger partial charge is 0.305 e. The normalized spacial score (nSPS) is 10.2. The van der Waals surface area contributed by atoms with E-state index in [1.165, 1.54) is 7.11 Å². The summed E-state index contributed by atoms with van der Waals surface area (Å²) in [6.07, 6.45) is 1.48. The number of rotatable bonds is 5. The first-order chi connectivity index (χ1) is 5.16. The van der Waals surface area contributed by atoms with Gasteiger partial charge >= 0.3 is 5.97 Å². The van der Waals surface area contributed by atoms with Crippen LogP contribution in [0.2, 0.25) is 0 Å². The molecule has 0 atom stereocenters. The molecule has 0 aromatic rings. The number of carbonyl (C=O) groups excluding carboxylic acids is 1. The molecular weight excluding hydrogens is 160 g/mol. The Morgan fingerprint density at radius 1 is 1.55 bits per heavy atom. The second kappa shape index (κ2) is 6.53. The first kappa shape index (κ1) is 10.8. The van der Waals surface area contributed by atoms with E-state index in [1.807, 2.05) is 11.8 Å². The van der Waals surface area contributed by atoms with Crippen molar-refractivity contribution >= 4 is 17.7 Å². The van der Waals surface area contributed by atoms with E-state index in [0.29, 0.717) is 11.7 Å². The summed E-state index contributed by atoms with van der Waals surface area (Å²) in [7, 11) is 1.43. The van der Waals surface area contributed by atoms with Gasteiger partial charge in [0.1, 0.15) is 0 Å². The number of carbonyl (C=O) groups is 1. The minimum absolute atomic E-state index is 0.102. The molecule has 0 aromatic carbocycles. The molecule has 0 aliphatic carbocycles. The van der Waals surface area contributed by atoms with Crippen LogP contribution in [-0.2, 0) is 9.53 Å². The van der Waals surface area contributed by atoms with E-state index < -0.39 is 0 Å². The predicted molar refractivity (Wildman–Crippen MR) is 48.8 cm³/mol. The van der Waals surface area contributed by atoms with Crippen molar-refractivity contribution < 1.29 is 9.53 Å². The summed E-state index contributed by atoms with van der Waals surface area (Å²) >= 11 is 1.88. The molecule has 0 bridgehead atoms. The van der Waals surface area contributed by atoms with Crippen LogP contribution < -0.4 is 0 Å². The van der Waals surface area contributed by atoms with Gasteiger partial charge in [0.25, 0.3) is 0 Å². The third kappa shape index (κ3) is 7.72. The largest absolute Gasteiger partial charge is 0.469 e. The maximum Gasteiger partial charge on any atom is 0.305 e. The maximum absolute atomic E-state index is 10.6. The van der Waals surface area contributed by atoms with Crippen LogP contribution in [0.15, 0.2) is 0 Å². The highest BCUT2D eigenvalue weighted by atomic mass is 32.2. The van der Waals surface area contributed by atoms with Crippen LogP contribution in [-0.4, -0.2) is 24.1 Å². The molecule has 0 heterocycles. The lowest BCUT2D eigenvalue weighted by Crippen LogP contribution is -2.00. The average Bonchev–Trinajstić information content (AvgIpc) is 1.97. The SMILES string of the molecule is COC(=O)CCCSC(C)C. The Morgan fingerprint density at radius 2 is 2.18 bits per heavy atom. The van der Waals surface area contributed by atoms with E-state index in [1.54, 1.807) is 0 Å². The molecule has 66 valence electrons. The van der Waals surface area contributed by atoms with Crippen molar-refractivity contribution in [2.24, 2.45) is 0 Å². The molecule has 3 heteroatoms. The number of methoxy groups -OCH3 is 1. The molecule has 0 rings (SSSR count). The predicted octanol–water partition coefficient (Wildman–Crippen LogP) is 2.08. The Bertz CT molecular complexity index is 113. The summed E-state index contributed by atoms with van der Waals surface area (Å²) in [5, 5.41) is 0.660. The Morgan fingerprint density at radius 3 is 2.64 bits per heavy atom. The van der Waals surface area contributed by atoms with Gasteiger partial charge in [0, 0.05) is 6.42 Å². The molecule has 0 fully saturated rings. The molecule has 0 spiro atoms. The third-order valence-corrected chi connectivity index (χ3v) is 2.40. The van der Waals surface area contributed by atoms with Crippen molar-refractivity contribution in [3.63, 3.8) is 0 Å². The van der Waals surface area contributed by atoms with Gasteiger partial charge in [-0.3, -0.25) is 4.79 Å². The van der Waals surface area contributed by atoms with Gasteiger partial charge in [0.05, 0.1) is 7.11 Å². The van der Waals surface area contributed by atoms with Gasteiger partial charge in [-0.1, -0.05) is 13.8 Å². The molecule has 0 N–H and O–H groups in total. The summed E-state index contributed by atoms with van der Waals surface area (Å²) in [6.45, 7) is 4.31. The van der Waals surface area contributed by atoms with Crippen LogP contribution in [0.1, 0.15) is 26.7 Å². The van der Waals surface area contributed by atoms with Crippen LogP contribution >= 0.6 is 11.8 Å². The molecule has 0 aliphatic rings. The van der Waals surface area contributed by atoms with Crippen LogP contribution in [0.25, 0.3) is 0 Å². The molecule has 0 saturated heterocycles. The van der Waals surface area contributed by atoms with Gasteiger partial charge in [0.2, 0.25) is 0 Å². The lowest BCUT2D eigenvalue weighted by molar-refractivity contribution is -0.140. The quantitative estimate of drug-likeness (QED) is 0.474. The van der Waals surface area contributed by atoms with Gasteiger partial charge in [-0.25, -0.2) is 0 Å². The Balaban J connectivity index is 3.08. The Labute approximate surface area is 72.7 Å². The van der Waals surface area contributed by atoms with E-state index in [0.717, 1.165) is 12.2 Å². The minimum atomic E-state index is -0.102.